The third kappa shape index (κ3) is 3.15. The molecule has 0 heterocycles. The van der Waals surface area contributed by atoms with E-state index >= 15 is 0 Å². The fourth-order valence-corrected chi connectivity index (χ4v) is 2.04. The normalized spacial score (nSPS) is 10.4. The molecule has 0 unspecified atom stereocenters. The van der Waals surface area contributed by atoms with E-state index in [9.17, 15) is 4.39 Å². The highest BCUT2D eigenvalue weighted by atomic mass is 35.5. The van der Waals surface area contributed by atoms with Crippen LogP contribution in [-0.2, 0) is 6.54 Å². The summed E-state index contributed by atoms with van der Waals surface area (Å²) >= 11 is 11.9. The molecule has 0 fully saturated rings. The first-order valence-electron chi connectivity index (χ1n) is 5.50. The largest absolute Gasteiger partial charge is 0.380 e. The van der Waals surface area contributed by atoms with Gasteiger partial charge in [0, 0.05) is 11.6 Å². The molecule has 94 valence electrons. The Morgan fingerprint density at radius 1 is 1.11 bits per heavy atom. The summed E-state index contributed by atoms with van der Waals surface area (Å²) < 4.78 is 13.0. The van der Waals surface area contributed by atoms with Gasteiger partial charge in [-0.3, -0.25) is 0 Å². The minimum Gasteiger partial charge on any atom is -0.380 e. The van der Waals surface area contributed by atoms with E-state index in [-0.39, 0.29) is 5.82 Å². The zero-order chi connectivity index (χ0) is 13.1. The predicted octanol–water partition coefficient (Wildman–Crippen LogP) is 5.05. The van der Waals surface area contributed by atoms with Gasteiger partial charge in [-0.25, -0.2) is 4.39 Å². The second-order valence-electron chi connectivity index (χ2n) is 4.05. The first-order valence-corrected chi connectivity index (χ1v) is 6.26. The molecule has 2 aromatic carbocycles. The van der Waals surface area contributed by atoms with Crippen LogP contribution in [0.3, 0.4) is 0 Å². The number of aryl methyl sites for hydroxylation is 1. The third-order valence-corrected chi connectivity index (χ3v) is 3.27. The Bertz CT molecular complexity index is 570. The summed E-state index contributed by atoms with van der Waals surface area (Å²) in [6.45, 7) is 2.45. The number of halogens is 3. The first-order chi connectivity index (χ1) is 8.56. The highest BCUT2D eigenvalue weighted by molar-refractivity contribution is 6.35. The second kappa shape index (κ2) is 5.59. The fourth-order valence-electron chi connectivity index (χ4n) is 1.68. The average Bonchev–Trinajstić information content (AvgIpc) is 2.32. The quantitative estimate of drug-likeness (QED) is 0.831. The van der Waals surface area contributed by atoms with Gasteiger partial charge in [0.2, 0.25) is 0 Å². The molecular formula is C14H12Cl2FN. The number of hydrogen-bond donors (Lipinski definition) is 1. The van der Waals surface area contributed by atoms with Crippen LogP contribution >= 0.6 is 23.2 Å². The van der Waals surface area contributed by atoms with Crippen molar-refractivity contribution in [2.24, 2.45) is 0 Å². The summed E-state index contributed by atoms with van der Waals surface area (Å²) in [7, 11) is 0. The van der Waals surface area contributed by atoms with Gasteiger partial charge >= 0.3 is 0 Å². The molecule has 0 aliphatic carbocycles. The maximum Gasteiger partial charge on any atom is 0.123 e. The molecule has 0 aliphatic rings. The van der Waals surface area contributed by atoms with Crippen LogP contribution in [0.2, 0.25) is 10.0 Å². The lowest BCUT2D eigenvalue weighted by molar-refractivity contribution is 0.625. The number of nitrogens with one attached hydrogen (secondary N) is 1. The Balaban J connectivity index is 2.13. The Labute approximate surface area is 116 Å². The molecule has 18 heavy (non-hydrogen) atoms. The topological polar surface area (TPSA) is 12.0 Å². The Morgan fingerprint density at radius 3 is 2.61 bits per heavy atom. The lowest BCUT2D eigenvalue weighted by Crippen LogP contribution is -2.02. The van der Waals surface area contributed by atoms with Gasteiger partial charge in [0.25, 0.3) is 0 Å². The number of benzene rings is 2. The smallest absolute Gasteiger partial charge is 0.123 e. The van der Waals surface area contributed by atoms with Crippen molar-refractivity contribution >= 4 is 28.9 Å². The standard InChI is InChI=1S/C14H12Cl2FN/c1-9-6-12(17)4-2-10(9)8-18-14-7-11(15)3-5-13(14)16/h2-7,18H,8H2,1H3. The first kappa shape index (κ1) is 13.2. The van der Waals surface area contributed by atoms with Crippen molar-refractivity contribution < 1.29 is 4.39 Å². The van der Waals surface area contributed by atoms with E-state index < -0.39 is 0 Å². The fraction of sp³-hybridized carbons (Fsp3) is 0.143. The van der Waals surface area contributed by atoms with Gasteiger partial charge in [-0.05, 0) is 48.4 Å². The molecule has 2 aromatic rings. The number of anilines is 1. The van der Waals surface area contributed by atoms with Crippen LogP contribution in [0.1, 0.15) is 11.1 Å². The van der Waals surface area contributed by atoms with Gasteiger partial charge in [0.05, 0.1) is 10.7 Å². The maximum atomic E-state index is 13.0. The molecule has 0 saturated carbocycles. The van der Waals surface area contributed by atoms with E-state index in [1.807, 2.05) is 6.92 Å². The molecule has 0 amide bonds. The van der Waals surface area contributed by atoms with Crippen LogP contribution in [0.15, 0.2) is 36.4 Å². The molecule has 0 radical (unpaired) electrons. The zero-order valence-corrected chi connectivity index (χ0v) is 11.3. The van der Waals surface area contributed by atoms with Crippen molar-refractivity contribution in [3.05, 3.63) is 63.4 Å². The second-order valence-corrected chi connectivity index (χ2v) is 4.89. The van der Waals surface area contributed by atoms with Crippen molar-refractivity contribution in [2.75, 3.05) is 5.32 Å². The Hall–Kier alpha value is -1.25. The van der Waals surface area contributed by atoms with E-state index in [0.717, 1.165) is 16.8 Å². The van der Waals surface area contributed by atoms with Crippen LogP contribution in [0.25, 0.3) is 0 Å². The SMILES string of the molecule is Cc1cc(F)ccc1CNc1cc(Cl)ccc1Cl. The highest BCUT2D eigenvalue weighted by Crippen LogP contribution is 2.26. The molecule has 0 bridgehead atoms. The summed E-state index contributed by atoms with van der Waals surface area (Å²) in [5.74, 6) is -0.225. The molecule has 1 nitrogen and oxygen atoms in total. The zero-order valence-electron chi connectivity index (χ0n) is 9.81. The maximum absolute atomic E-state index is 13.0. The van der Waals surface area contributed by atoms with Crippen LogP contribution in [-0.4, -0.2) is 0 Å². The summed E-state index contributed by atoms with van der Waals surface area (Å²) in [4.78, 5) is 0. The monoisotopic (exact) mass is 283 g/mol. The Kier molecular flexibility index (Phi) is 4.10. The van der Waals surface area contributed by atoms with Crippen LogP contribution in [0, 0.1) is 12.7 Å². The van der Waals surface area contributed by atoms with E-state index in [1.54, 1.807) is 24.3 Å². The molecule has 2 rings (SSSR count). The van der Waals surface area contributed by atoms with Gasteiger partial charge in [0.1, 0.15) is 5.82 Å². The predicted molar refractivity (Wildman–Crippen MR) is 74.9 cm³/mol. The van der Waals surface area contributed by atoms with Gasteiger partial charge in [0.15, 0.2) is 0 Å². The molecule has 0 aromatic heterocycles. The van der Waals surface area contributed by atoms with E-state index in [2.05, 4.69) is 5.32 Å². The van der Waals surface area contributed by atoms with Crippen LogP contribution in [0.4, 0.5) is 10.1 Å². The minimum absolute atomic E-state index is 0.225. The summed E-state index contributed by atoms with van der Waals surface area (Å²) in [5.41, 5.74) is 2.70. The van der Waals surface area contributed by atoms with Gasteiger partial charge in [-0.2, -0.15) is 0 Å². The summed E-state index contributed by atoms with van der Waals surface area (Å²) in [6.07, 6.45) is 0. The van der Waals surface area contributed by atoms with Crippen molar-refractivity contribution in [2.45, 2.75) is 13.5 Å². The van der Waals surface area contributed by atoms with Crippen molar-refractivity contribution in [1.82, 2.24) is 0 Å². The van der Waals surface area contributed by atoms with Gasteiger partial charge in [-0.1, -0.05) is 29.3 Å². The van der Waals surface area contributed by atoms with Crippen molar-refractivity contribution in [3.8, 4) is 0 Å². The van der Waals surface area contributed by atoms with Crippen molar-refractivity contribution in [1.29, 1.82) is 0 Å². The van der Waals surface area contributed by atoms with E-state index in [4.69, 9.17) is 23.2 Å². The number of hydrogen-bond acceptors (Lipinski definition) is 1. The van der Waals surface area contributed by atoms with Crippen LogP contribution < -0.4 is 5.32 Å². The Morgan fingerprint density at radius 2 is 1.89 bits per heavy atom. The lowest BCUT2D eigenvalue weighted by atomic mass is 10.1. The van der Waals surface area contributed by atoms with Crippen LogP contribution in [0.5, 0.6) is 0 Å². The summed E-state index contributed by atoms with van der Waals surface area (Å²) in [5, 5.41) is 4.42. The lowest BCUT2D eigenvalue weighted by Gasteiger charge is -2.11. The van der Waals surface area contributed by atoms with Crippen molar-refractivity contribution in [3.63, 3.8) is 0 Å². The average molecular weight is 284 g/mol. The molecular weight excluding hydrogens is 272 g/mol. The minimum atomic E-state index is -0.225. The van der Waals surface area contributed by atoms with Gasteiger partial charge in [-0.15, -0.1) is 0 Å². The summed E-state index contributed by atoms with van der Waals surface area (Å²) in [6, 6.07) is 9.96. The molecule has 1 N–H and O–H groups in total. The molecule has 0 saturated heterocycles. The third-order valence-electron chi connectivity index (χ3n) is 2.70. The van der Waals surface area contributed by atoms with E-state index in [1.165, 1.54) is 12.1 Å². The van der Waals surface area contributed by atoms with Gasteiger partial charge < -0.3 is 5.32 Å². The highest BCUT2D eigenvalue weighted by Gasteiger charge is 2.03. The molecule has 0 aliphatic heterocycles. The molecule has 0 spiro atoms. The van der Waals surface area contributed by atoms with E-state index in [0.29, 0.717) is 16.6 Å². The number of rotatable bonds is 3. The molecule has 4 heteroatoms. The molecule has 0 atom stereocenters.